The third kappa shape index (κ3) is 4.60. The number of benzene rings is 1. The minimum absolute atomic E-state index is 0.108. The van der Waals surface area contributed by atoms with Crippen molar-refractivity contribution in [2.75, 3.05) is 13.1 Å². The summed E-state index contributed by atoms with van der Waals surface area (Å²) in [5.74, 6) is 0.209. The molecule has 0 bridgehead atoms. The van der Waals surface area contributed by atoms with Gasteiger partial charge in [-0.3, -0.25) is 4.79 Å². The SMILES string of the molecule is O=C(O)c1ccc(C[C@H]2CCN(C(=O)CCc3cc(Cl)no3)C2)cc1. The van der Waals surface area contributed by atoms with Gasteiger partial charge < -0.3 is 14.5 Å². The number of amides is 1. The van der Waals surface area contributed by atoms with Crippen LogP contribution in [0.2, 0.25) is 5.15 Å². The van der Waals surface area contributed by atoms with Gasteiger partial charge >= 0.3 is 5.97 Å². The van der Waals surface area contributed by atoms with Gasteiger partial charge in [0.2, 0.25) is 5.91 Å². The molecule has 1 aromatic heterocycles. The summed E-state index contributed by atoms with van der Waals surface area (Å²) in [5, 5.41) is 12.8. The maximum atomic E-state index is 12.3. The molecule has 25 heavy (non-hydrogen) atoms. The molecule has 7 heteroatoms. The lowest BCUT2D eigenvalue weighted by molar-refractivity contribution is -0.130. The molecule has 0 saturated carbocycles. The van der Waals surface area contributed by atoms with E-state index < -0.39 is 5.97 Å². The molecule has 2 heterocycles. The molecule has 1 aromatic carbocycles. The molecule has 1 atom stereocenters. The molecule has 1 fully saturated rings. The van der Waals surface area contributed by atoms with Gasteiger partial charge in [0, 0.05) is 32.0 Å². The van der Waals surface area contributed by atoms with Crippen molar-refractivity contribution in [3.63, 3.8) is 0 Å². The Bertz CT molecular complexity index is 757. The van der Waals surface area contributed by atoms with E-state index in [-0.39, 0.29) is 5.91 Å². The van der Waals surface area contributed by atoms with Gasteiger partial charge in [0.05, 0.1) is 5.56 Å². The van der Waals surface area contributed by atoms with Gasteiger partial charge in [0.25, 0.3) is 0 Å². The molecule has 0 spiro atoms. The van der Waals surface area contributed by atoms with Gasteiger partial charge in [-0.15, -0.1) is 0 Å². The molecule has 1 aliphatic heterocycles. The van der Waals surface area contributed by atoms with E-state index in [0.717, 1.165) is 31.5 Å². The summed E-state index contributed by atoms with van der Waals surface area (Å²) in [6.45, 7) is 1.49. The number of carbonyl (C=O) groups is 2. The van der Waals surface area contributed by atoms with Crippen molar-refractivity contribution >= 4 is 23.5 Å². The number of carboxylic acids is 1. The molecule has 1 N–H and O–H groups in total. The average Bonchev–Trinajstić information content (AvgIpc) is 3.22. The van der Waals surface area contributed by atoms with Crippen molar-refractivity contribution < 1.29 is 19.2 Å². The largest absolute Gasteiger partial charge is 0.478 e. The minimum atomic E-state index is -0.919. The van der Waals surface area contributed by atoms with Crippen LogP contribution in [0.1, 0.15) is 34.5 Å². The molecule has 6 nitrogen and oxygen atoms in total. The maximum absolute atomic E-state index is 12.3. The monoisotopic (exact) mass is 362 g/mol. The molecule has 1 aliphatic rings. The Kier molecular flexibility index (Phi) is 5.38. The summed E-state index contributed by atoms with van der Waals surface area (Å²) in [6, 6.07) is 8.57. The standard InChI is InChI=1S/C18H19ClN2O4/c19-16-10-15(25-20-16)5-6-17(22)21-8-7-13(11-21)9-12-1-3-14(4-2-12)18(23)24/h1-4,10,13H,5-9,11H2,(H,23,24)/t13-/m1/s1. The van der Waals surface area contributed by atoms with E-state index in [2.05, 4.69) is 5.16 Å². The predicted octanol–water partition coefficient (Wildman–Crippen LogP) is 3.05. The van der Waals surface area contributed by atoms with Crippen LogP contribution in [0, 0.1) is 5.92 Å². The van der Waals surface area contributed by atoms with Crippen molar-refractivity contribution in [2.24, 2.45) is 5.92 Å². The molecular weight excluding hydrogens is 344 g/mol. The van der Waals surface area contributed by atoms with E-state index in [1.54, 1.807) is 18.2 Å². The highest BCUT2D eigenvalue weighted by Crippen LogP contribution is 2.22. The Hall–Kier alpha value is -2.34. The lowest BCUT2D eigenvalue weighted by Gasteiger charge is -2.16. The van der Waals surface area contributed by atoms with Crippen LogP contribution in [0.5, 0.6) is 0 Å². The summed E-state index contributed by atoms with van der Waals surface area (Å²) < 4.78 is 5.01. The smallest absolute Gasteiger partial charge is 0.335 e. The van der Waals surface area contributed by atoms with Crippen LogP contribution in [-0.2, 0) is 17.6 Å². The van der Waals surface area contributed by atoms with Crippen molar-refractivity contribution in [3.05, 3.63) is 52.4 Å². The van der Waals surface area contributed by atoms with Crippen LogP contribution < -0.4 is 0 Å². The highest BCUT2D eigenvalue weighted by Gasteiger charge is 2.26. The zero-order valence-electron chi connectivity index (χ0n) is 13.7. The first-order valence-corrected chi connectivity index (χ1v) is 8.60. The van der Waals surface area contributed by atoms with Crippen LogP contribution in [0.3, 0.4) is 0 Å². The fourth-order valence-electron chi connectivity index (χ4n) is 3.14. The van der Waals surface area contributed by atoms with Gasteiger partial charge in [-0.1, -0.05) is 28.9 Å². The van der Waals surface area contributed by atoms with Crippen LogP contribution in [0.4, 0.5) is 0 Å². The summed E-state index contributed by atoms with van der Waals surface area (Å²) in [5.41, 5.74) is 1.39. The van der Waals surface area contributed by atoms with Crippen LogP contribution in [-0.4, -0.2) is 40.1 Å². The van der Waals surface area contributed by atoms with E-state index in [1.165, 1.54) is 0 Å². The number of halogens is 1. The summed E-state index contributed by atoms with van der Waals surface area (Å²) in [4.78, 5) is 25.1. The van der Waals surface area contributed by atoms with Crippen molar-refractivity contribution in [1.29, 1.82) is 0 Å². The number of aryl methyl sites for hydroxylation is 1. The van der Waals surface area contributed by atoms with E-state index >= 15 is 0 Å². The molecule has 1 amide bonds. The maximum Gasteiger partial charge on any atom is 0.335 e. The number of aromatic carboxylic acids is 1. The van der Waals surface area contributed by atoms with Crippen LogP contribution in [0.25, 0.3) is 0 Å². The van der Waals surface area contributed by atoms with Crippen molar-refractivity contribution in [2.45, 2.75) is 25.7 Å². The number of hydrogen-bond donors (Lipinski definition) is 1. The minimum Gasteiger partial charge on any atom is -0.478 e. The lowest BCUT2D eigenvalue weighted by atomic mass is 9.98. The number of nitrogens with zero attached hydrogens (tertiary/aromatic N) is 2. The second-order valence-corrected chi connectivity index (χ2v) is 6.70. The Balaban J connectivity index is 1.47. The van der Waals surface area contributed by atoms with E-state index in [4.69, 9.17) is 21.2 Å². The summed E-state index contributed by atoms with van der Waals surface area (Å²) in [6.07, 6.45) is 2.68. The van der Waals surface area contributed by atoms with Gasteiger partial charge in [0.1, 0.15) is 5.76 Å². The number of likely N-dealkylation sites (tertiary alicyclic amines) is 1. The molecule has 2 aromatic rings. The predicted molar refractivity (Wildman–Crippen MR) is 91.6 cm³/mol. The van der Waals surface area contributed by atoms with E-state index in [0.29, 0.717) is 35.2 Å². The highest BCUT2D eigenvalue weighted by molar-refractivity contribution is 6.29. The topological polar surface area (TPSA) is 83.6 Å². The molecule has 0 unspecified atom stereocenters. The van der Waals surface area contributed by atoms with Gasteiger partial charge in [-0.05, 0) is 36.5 Å². The fourth-order valence-corrected chi connectivity index (χ4v) is 3.29. The van der Waals surface area contributed by atoms with Gasteiger partial charge in [-0.25, -0.2) is 4.79 Å². The molecule has 0 radical (unpaired) electrons. The third-order valence-corrected chi connectivity index (χ3v) is 4.66. The molecule has 132 valence electrons. The Morgan fingerprint density at radius 3 is 2.72 bits per heavy atom. The zero-order chi connectivity index (χ0) is 17.8. The first-order valence-electron chi connectivity index (χ1n) is 8.22. The van der Waals surface area contributed by atoms with Gasteiger partial charge in [0.15, 0.2) is 5.15 Å². The number of carboxylic acid groups (broad SMARTS) is 1. The zero-order valence-corrected chi connectivity index (χ0v) is 14.4. The highest BCUT2D eigenvalue weighted by atomic mass is 35.5. The molecular formula is C18H19ClN2O4. The molecule has 1 saturated heterocycles. The third-order valence-electron chi connectivity index (χ3n) is 4.48. The quantitative estimate of drug-likeness (QED) is 0.853. The number of rotatable bonds is 6. The fraction of sp³-hybridized carbons (Fsp3) is 0.389. The van der Waals surface area contributed by atoms with E-state index in [1.807, 2.05) is 17.0 Å². The van der Waals surface area contributed by atoms with Crippen LogP contribution >= 0.6 is 11.6 Å². The first kappa shape index (κ1) is 17.5. The summed E-state index contributed by atoms with van der Waals surface area (Å²) in [7, 11) is 0. The summed E-state index contributed by atoms with van der Waals surface area (Å²) >= 11 is 5.69. The number of carbonyl (C=O) groups excluding carboxylic acids is 1. The normalized spacial score (nSPS) is 17.0. The van der Waals surface area contributed by atoms with Crippen LogP contribution in [0.15, 0.2) is 34.9 Å². The average molecular weight is 363 g/mol. The van der Waals surface area contributed by atoms with E-state index in [9.17, 15) is 9.59 Å². The first-order chi connectivity index (χ1) is 12.0. The number of hydrogen-bond acceptors (Lipinski definition) is 4. The molecule has 3 rings (SSSR count). The van der Waals surface area contributed by atoms with Gasteiger partial charge in [-0.2, -0.15) is 0 Å². The van der Waals surface area contributed by atoms with Crippen molar-refractivity contribution in [1.82, 2.24) is 10.1 Å². The second-order valence-electron chi connectivity index (χ2n) is 6.32. The van der Waals surface area contributed by atoms with Crippen molar-refractivity contribution in [3.8, 4) is 0 Å². The Labute approximate surface area is 150 Å². The number of aromatic nitrogens is 1. The molecule has 0 aliphatic carbocycles. The second kappa shape index (κ2) is 7.70. The Morgan fingerprint density at radius 1 is 1.32 bits per heavy atom. The Morgan fingerprint density at radius 2 is 2.08 bits per heavy atom. The lowest BCUT2D eigenvalue weighted by Crippen LogP contribution is -2.29.